The number of fused-ring (bicyclic) bond motifs is 2. The minimum Gasteiger partial charge on any atom is -0.336 e. The Hall–Kier alpha value is -6.60. The maximum absolute atomic E-state index is 13.4. The van der Waals surface area contributed by atoms with Crippen molar-refractivity contribution < 1.29 is 28.8 Å². The first-order valence-corrected chi connectivity index (χ1v) is 15.9. The Bertz CT molecular complexity index is 2280. The van der Waals surface area contributed by atoms with Gasteiger partial charge in [0.1, 0.15) is 11.6 Å². The lowest BCUT2D eigenvalue weighted by molar-refractivity contribution is -0.136. The molecule has 1 aromatic heterocycles. The molecule has 2 N–H and O–H groups in total. The Balaban J connectivity index is 0.976. The van der Waals surface area contributed by atoms with Gasteiger partial charge in [0, 0.05) is 47.7 Å². The molecule has 13 nitrogen and oxygen atoms in total. The molecule has 13 heteroatoms. The van der Waals surface area contributed by atoms with Crippen LogP contribution in [-0.2, 0) is 19.9 Å². The van der Waals surface area contributed by atoms with Gasteiger partial charge in [0.15, 0.2) is 0 Å². The normalized spacial score (nSPS) is 17.4. The van der Waals surface area contributed by atoms with E-state index in [4.69, 9.17) is 0 Å². The van der Waals surface area contributed by atoms with Crippen LogP contribution in [0, 0.1) is 29.1 Å². The van der Waals surface area contributed by atoms with Crippen LogP contribution in [-0.4, -0.2) is 74.2 Å². The van der Waals surface area contributed by atoms with Gasteiger partial charge in [0.2, 0.25) is 11.8 Å². The first kappa shape index (κ1) is 32.0. The fraction of sp³-hybridized carbons (Fsp3) is 0.243. The molecule has 6 amide bonds. The van der Waals surface area contributed by atoms with Gasteiger partial charge >= 0.3 is 0 Å². The summed E-state index contributed by atoms with van der Waals surface area (Å²) in [5.41, 5.74) is 1.06. The van der Waals surface area contributed by atoms with E-state index >= 15 is 0 Å². The van der Waals surface area contributed by atoms with Gasteiger partial charge in [-0.05, 0) is 50.6 Å². The average molecular weight is 668 g/mol. The summed E-state index contributed by atoms with van der Waals surface area (Å²) in [5, 5.41) is 20.4. The third-order valence-electron chi connectivity index (χ3n) is 9.28. The van der Waals surface area contributed by atoms with E-state index in [0.717, 1.165) is 15.7 Å². The molecule has 0 spiro atoms. The number of nitrogens with one attached hydrogen (secondary N) is 2. The number of rotatable bonds is 5. The monoisotopic (exact) mass is 667 g/mol. The number of piperidine rings is 1. The lowest BCUT2D eigenvalue weighted by atomic mass is 9.98. The largest absolute Gasteiger partial charge is 0.336 e. The molecule has 1 unspecified atom stereocenters. The first-order chi connectivity index (χ1) is 24.0. The van der Waals surface area contributed by atoms with E-state index in [0.29, 0.717) is 35.5 Å². The second kappa shape index (κ2) is 12.1. The Morgan fingerprint density at radius 1 is 0.980 bits per heavy atom. The molecule has 0 bridgehead atoms. The topological polar surface area (TPSA) is 175 Å². The third kappa shape index (κ3) is 5.44. The van der Waals surface area contributed by atoms with Crippen LogP contribution >= 0.6 is 0 Å². The van der Waals surface area contributed by atoms with Crippen molar-refractivity contribution in [2.24, 2.45) is 5.92 Å². The number of aromatic nitrogens is 2. The van der Waals surface area contributed by atoms with Crippen LogP contribution in [0.15, 0.2) is 67.0 Å². The Kier molecular flexibility index (Phi) is 7.76. The van der Waals surface area contributed by atoms with Crippen LogP contribution in [0.5, 0.6) is 0 Å². The van der Waals surface area contributed by atoms with Crippen molar-refractivity contribution in [3.63, 3.8) is 0 Å². The highest BCUT2D eigenvalue weighted by molar-refractivity contribution is 6.23. The number of carbonyl (C=O) groups is 6. The molecule has 4 aromatic rings. The maximum Gasteiger partial charge on any atom is 0.262 e. The molecule has 3 aliphatic rings. The van der Waals surface area contributed by atoms with Crippen LogP contribution < -0.4 is 10.6 Å². The van der Waals surface area contributed by atoms with E-state index in [9.17, 15) is 34.0 Å². The summed E-state index contributed by atoms with van der Waals surface area (Å²) in [4.78, 5) is 79.1. The van der Waals surface area contributed by atoms with Crippen molar-refractivity contribution >= 4 is 51.9 Å². The smallest absolute Gasteiger partial charge is 0.262 e. The lowest BCUT2D eigenvalue weighted by Crippen LogP contribution is -2.54. The number of imide groups is 2. The van der Waals surface area contributed by atoms with E-state index in [1.165, 1.54) is 23.0 Å². The first-order valence-electron chi connectivity index (χ1n) is 15.9. The van der Waals surface area contributed by atoms with Gasteiger partial charge in [-0.1, -0.05) is 36.1 Å². The minimum absolute atomic E-state index is 0.0394. The molecule has 50 heavy (non-hydrogen) atoms. The molecule has 0 saturated carbocycles. The second-order valence-corrected chi connectivity index (χ2v) is 12.9. The van der Waals surface area contributed by atoms with Crippen molar-refractivity contribution in [3.05, 3.63) is 94.8 Å². The van der Waals surface area contributed by atoms with Crippen molar-refractivity contribution in [1.82, 2.24) is 24.9 Å². The van der Waals surface area contributed by atoms with E-state index in [1.807, 2.05) is 24.3 Å². The predicted octanol–water partition coefficient (Wildman–Crippen LogP) is 2.81. The zero-order valence-corrected chi connectivity index (χ0v) is 27.0. The highest BCUT2D eigenvalue weighted by Gasteiger charge is 2.44. The number of hydrogen-bond donors (Lipinski definition) is 2. The fourth-order valence-corrected chi connectivity index (χ4v) is 6.28. The van der Waals surface area contributed by atoms with Gasteiger partial charge in [-0.25, -0.2) is 0 Å². The number of nitriles is 1. The quantitative estimate of drug-likeness (QED) is 0.241. The van der Waals surface area contributed by atoms with Gasteiger partial charge in [-0.2, -0.15) is 10.4 Å². The van der Waals surface area contributed by atoms with Gasteiger partial charge in [0.25, 0.3) is 23.6 Å². The maximum atomic E-state index is 13.4. The number of amides is 6. The van der Waals surface area contributed by atoms with Gasteiger partial charge in [-0.3, -0.25) is 43.7 Å². The van der Waals surface area contributed by atoms with Crippen LogP contribution in [0.3, 0.4) is 0 Å². The molecule has 3 aromatic carbocycles. The van der Waals surface area contributed by atoms with Crippen LogP contribution in [0.25, 0.3) is 10.8 Å². The van der Waals surface area contributed by atoms with Crippen LogP contribution in [0.4, 0.5) is 5.69 Å². The SMILES string of the molecule is CC(C)(C(=O)Nc1ccc(C#N)c2ccccc12)n1cc(C(=O)N2CC(C#Cc3ccc4c(c3)C(=O)N(C3CCC(=O)NC3=O)C4=O)C2)cn1. The van der Waals surface area contributed by atoms with Crippen LogP contribution in [0.1, 0.15) is 68.9 Å². The molecule has 2 saturated heterocycles. The summed E-state index contributed by atoms with van der Waals surface area (Å²) >= 11 is 0. The number of benzene rings is 3. The van der Waals surface area contributed by atoms with E-state index < -0.39 is 35.2 Å². The van der Waals surface area contributed by atoms with Gasteiger partial charge in [-0.15, -0.1) is 0 Å². The number of anilines is 1. The average Bonchev–Trinajstić information content (AvgIpc) is 3.68. The predicted molar refractivity (Wildman–Crippen MR) is 178 cm³/mol. The lowest BCUT2D eigenvalue weighted by Gasteiger charge is -2.36. The molecule has 7 rings (SSSR count). The molecular weight excluding hydrogens is 638 g/mol. The van der Waals surface area contributed by atoms with Crippen molar-refractivity contribution in [3.8, 4) is 17.9 Å². The van der Waals surface area contributed by atoms with E-state index in [-0.39, 0.29) is 41.7 Å². The van der Waals surface area contributed by atoms with E-state index in [1.54, 1.807) is 43.1 Å². The molecule has 4 heterocycles. The Morgan fingerprint density at radius 2 is 1.72 bits per heavy atom. The Morgan fingerprint density at radius 3 is 2.46 bits per heavy atom. The number of likely N-dealkylation sites (tertiary alicyclic amines) is 1. The number of hydrogen-bond acceptors (Lipinski definition) is 8. The van der Waals surface area contributed by atoms with Crippen molar-refractivity contribution in [2.45, 2.75) is 38.3 Å². The molecule has 0 aliphatic carbocycles. The summed E-state index contributed by atoms with van der Waals surface area (Å²) < 4.78 is 1.44. The minimum atomic E-state index is -1.16. The Labute approximate surface area is 285 Å². The standard InChI is InChI=1S/C37H29N7O6/c1-37(2,36(50)40-29-12-10-23(16-38)25-5-3-4-6-26(25)29)43-20-24(17-39-43)33(47)42-18-22(19-42)8-7-21-9-11-27-28(15-21)35(49)44(34(27)48)30-13-14-31(45)41-32(30)46/h3-6,9-12,15,17,20,22,30H,13-14,18-19H2,1-2H3,(H,40,50)(H,41,45,46). The summed E-state index contributed by atoms with van der Waals surface area (Å²) in [5.74, 6) is 3.12. The zero-order chi connectivity index (χ0) is 35.3. The molecule has 3 aliphatic heterocycles. The summed E-state index contributed by atoms with van der Waals surface area (Å²) in [6.45, 7) is 4.13. The third-order valence-corrected chi connectivity index (χ3v) is 9.28. The highest BCUT2D eigenvalue weighted by atomic mass is 16.2. The number of carbonyl (C=O) groups excluding carboxylic acids is 6. The molecular formula is C37H29N7O6. The highest BCUT2D eigenvalue weighted by Crippen LogP contribution is 2.30. The zero-order valence-electron chi connectivity index (χ0n) is 27.0. The molecule has 1 atom stereocenters. The molecule has 0 radical (unpaired) electrons. The summed E-state index contributed by atoms with van der Waals surface area (Å²) in [6.07, 6.45) is 3.08. The van der Waals surface area contributed by atoms with Crippen molar-refractivity contribution in [1.29, 1.82) is 5.26 Å². The van der Waals surface area contributed by atoms with E-state index in [2.05, 4.69) is 33.6 Å². The summed E-state index contributed by atoms with van der Waals surface area (Å²) in [7, 11) is 0. The van der Waals surface area contributed by atoms with Gasteiger partial charge in [0.05, 0.1) is 40.4 Å². The molecule has 2 fully saturated rings. The van der Waals surface area contributed by atoms with Crippen molar-refractivity contribution in [2.75, 3.05) is 18.4 Å². The second-order valence-electron chi connectivity index (χ2n) is 12.9. The summed E-state index contributed by atoms with van der Waals surface area (Å²) in [6, 6.07) is 16.5. The number of nitrogens with zero attached hydrogens (tertiary/aromatic N) is 5. The molecule has 248 valence electrons. The van der Waals surface area contributed by atoms with Crippen LogP contribution in [0.2, 0.25) is 0 Å². The fourth-order valence-electron chi connectivity index (χ4n) is 6.28. The van der Waals surface area contributed by atoms with Gasteiger partial charge < -0.3 is 10.2 Å².